The molecule has 0 saturated carbocycles. The van der Waals surface area contributed by atoms with E-state index in [4.69, 9.17) is 15.2 Å². The van der Waals surface area contributed by atoms with Crippen molar-refractivity contribution in [2.24, 2.45) is 0 Å². The topological polar surface area (TPSA) is 137 Å². The first-order valence-electron chi connectivity index (χ1n) is 11.9. The number of hydrogen-bond donors (Lipinski definition) is 3. The van der Waals surface area contributed by atoms with Gasteiger partial charge in [-0.1, -0.05) is 29.8 Å². The molecule has 0 aliphatic heterocycles. The molecule has 10 heteroatoms. The monoisotopic (exact) mass is 499 g/mol. The van der Waals surface area contributed by atoms with E-state index < -0.39 is 5.60 Å². The first-order valence-corrected chi connectivity index (χ1v) is 11.9. The third-order valence-electron chi connectivity index (χ3n) is 6.37. The van der Waals surface area contributed by atoms with Crippen molar-refractivity contribution >= 4 is 17.0 Å². The fraction of sp³-hybridized carbons (Fsp3) is 0.259. The van der Waals surface area contributed by atoms with Crippen LogP contribution in [0.2, 0.25) is 0 Å². The molecule has 0 saturated heterocycles. The highest BCUT2D eigenvalue weighted by Gasteiger charge is 2.33. The molecule has 0 spiro atoms. The van der Waals surface area contributed by atoms with Crippen molar-refractivity contribution in [3.05, 3.63) is 78.0 Å². The Labute approximate surface area is 214 Å². The van der Waals surface area contributed by atoms with Gasteiger partial charge in [0.1, 0.15) is 18.0 Å². The Bertz CT molecular complexity index is 1540. The number of rotatable bonds is 9. The Morgan fingerprint density at radius 3 is 2.78 bits per heavy atom. The number of nitrogens with zero attached hydrogens (tertiary/aromatic N) is 5. The molecule has 0 amide bonds. The number of ether oxygens (including phenoxy) is 2. The normalized spacial score (nSPS) is 13.2. The lowest BCUT2D eigenvalue weighted by molar-refractivity contribution is -0.109. The van der Waals surface area contributed by atoms with Gasteiger partial charge < -0.3 is 25.3 Å². The highest BCUT2D eigenvalue weighted by atomic mass is 16.7. The molecular weight excluding hydrogens is 470 g/mol. The maximum Gasteiger partial charge on any atom is 0.220 e. The highest BCUT2D eigenvalue weighted by molar-refractivity contribution is 5.95. The maximum atomic E-state index is 9.20. The molecule has 0 aliphatic rings. The van der Waals surface area contributed by atoms with Gasteiger partial charge in [0.15, 0.2) is 0 Å². The van der Waals surface area contributed by atoms with Crippen molar-refractivity contribution in [2.75, 3.05) is 26.2 Å². The van der Waals surface area contributed by atoms with Crippen molar-refractivity contribution < 1.29 is 14.6 Å². The Morgan fingerprint density at radius 2 is 2.00 bits per heavy atom. The van der Waals surface area contributed by atoms with Crippen LogP contribution in [-0.4, -0.2) is 55.3 Å². The Balaban J connectivity index is 1.61. The van der Waals surface area contributed by atoms with Crippen molar-refractivity contribution in [1.82, 2.24) is 29.7 Å². The van der Waals surface area contributed by atoms with Gasteiger partial charge in [-0.05, 0) is 31.5 Å². The summed E-state index contributed by atoms with van der Waals surface area (Å²) in [6.07, 6.45) is 7.29. The maximum absolute atomic E-state index is 9.20. The van der Waals surface area contributed by atoms with Crippen LogP contribution in [0.4, 0.5) is 5.95 Å². The predicted octanol–water partition coefficient (Wildman–Crippen LogP) is 3.65. The average molecular weight is 500 g/mol. The van der Waals surface area contributed by atoms with Crippen LogP contribution < -0.4 is 5.73 Å². The molecule has 1 unspecified atom stereocenters. The van der Waals surface area contributed by atoms with Gasteiger partial charge in [0.2, 0.25) is 5.95 Å². The zero-order valence-electron chi connectivity index (χ0n) is 21.0. The molecule has 0 bridgehead atoms. The lowest BCUT2D eigenvalue weighted by Crippen LogP contribution is -2.30. The number of hydrogen-bond acceptors (Lipinski definition) is 8. The minimum atomic E-state index is -0.926. The second-order valence-electron chi connectivity index (χ2n) is 8.99. The molecule has 5 aromatic rings. The number of aromatic amines is 1. The molecule has 5 rings (SSSR count). The van der Waals surface area contributed by atoms with Crippen LogP contribution in [0.5, 0.6) is 0 Å². The van der Waals surface area contributed by atoms with E-state index in [0.29, 0.717) is 17.9 Å². The summed E-state index contributed by atoms with van der Waals surface area (Å²) in [6, 6.07) is 12.0. The summed E-state index contributed by atoms with van der Waals surface area (Å²) in [4.78, 5) is 16.9. The summed E-state index contributed by atoms with van der Waals surface area (Å²) in [5, 5.41) is 14.4. The summed E-state index contributed by atoms with van der Waals surface area (Å²) in [5.74, 6) is 0.135. The number of anilines is 1. The van der Waals surface area contributed by atoms with Crippen LogP contribution in [-0.2, 0) is 21.6 Å². The van der Waals surface area contributed by atoms with E-state index >= 15 is 0 Å². The molecule has 10 nitrogen and oxygen atoms in total. The van der Waals surface area contributed by atoms with Gasteiger partial charge in [-0.2, -0.15) is 5.10 Å². The van der Waals surface area contributed by atoms with Gasteiger partial charge in [0.05, 0.1) is 30.7 Å². The number of aryl methyl sites for hydroxylation is 1. The molecule has 1 atom stereocenters. The van der Waals surface area contributed by atoms with Crippen LogP contribution in [0.1, 0.15) is 23.7 Å². The lowest BCUT2D eigenvalue weighted by Gasteiger charge is -2.30. The number of nitrogens with two attached hydrogens (primary N) is 1. The number of aliphatic hydroxyl groups excluding tert-OH is 1. The summed E-state index contributed by atoms with van der Waals surface area (Å²) < 4.78 is 13.1. The minimum Gasteiger partial charge on any atom is -0.394 e. The lowest BCUT2D eigenvalue weighted by atomic mass is 9.90. The zero-order valence-corrected chi connectivity index (χ0v) is 21.0. The van der Waals surface area contributed by atoms with Crippen molar-refractivity contribution in [3.8, 4) is 22.4 Å². The quantitative estimate of drug-likeness (QED) is 0.261. The number of H-pyrrole nitrogens is 1. The first-order chi connectivity index (χ1) is 17.9. The molecule has 0 radical (unpaired) electrons. The van der Waals surface area contributed by atoms with E-state index in [1.807, 2.05) is 56.6 Å². The largest absolute Gasteiger partial charge is 0.394 e. The SMILES string of the molecule is COCOC(C)(c1cccc(C)c1)c1cc(-c2c[nH]c3ncc(-c4cnn(CCO)c4)cc23)nc(N)n1. The van der Waals surface area contributed by atoms with E-state index in [9.17, 15) is 5.11 Å². The van der Waals surface area contributed by atoms with Gasteiger partial charge in [0.25, 0.3) is 0 Å². The van der Waals surface area contributed by atoms with E-state index in [0.717, 1.165) is 38.9 Å². The zero-order chi connectivity index (χ0) is 26.0. The number of pyridine rings is 1. The van der Waals surface area contributed by atoms with Gasteiger partial charge >= 0.3 is 0 Å². The van der Waals surface area contributed by atoms with Crippen LogP contribution in [0.15, 0.2) is 61.2 Å². The third kappa shape index (κ3) is 4.82. The number of aromatic nitrogens is 6. The Morgan fingerprint density at radius 1 is 1.14 bits per heavy atom. The van der Waals surface area contributed by atoms with Crippen LogP contribution in [0.25, 0.3) is 33.4 Å². The van der Waals surface area contributed by atoms with E-state index in [1.54, 1.807) is 24.2 Å². The van der Waals surface area contributed by atoms with Crippen molar-refractivity contribution in [2.45, 2.75) is 26.0 Å². The molecular formula is C27H29N7O3. The second-order valence-corrected chi connectivity index (χ2v) is 8.99. The van der Waals surface area contributed by atoms with E-state index in [2.05, 4.69) is 31.1 Å². The predicted molar refractivity (Wildman–Crippen MR) is 140 cm³/mol. The second kappa shape index (κ2) is 10.1. The highest BCUT2D eigenvalue weighted by Crippen LogP contribution is 2.36. The Hall–Kier alpha value is -4.12. The number of methoxy groups -OCH3 is 1. The van der Waals surface area contributed by atoms with Gasteiger partial charge in [-0.25, -0.2) is 15.0 Å². The van der Waals surface area contributed by atoms with E-state index in [1.165, 1.54) is 0 Å². The summed E-state index contributed by atoms with van der Waals surface area (Å²) in [6.45, 7) is 4.51. The number of aliphatic hydroxyl groups is 1. The number of fused-ring (bicyclic) bond motifs is 1. The first kappa shape index (κ1) is 24.6. The van der Waals surface area contributed by atoms with Gasteiger partial charge in [-0.3, -0.25) is 4.68 Å². The fourth-order valence-corrected chi connectivity index (χ4v) is 4.38. The summed E-state index contributed by atoms with van der Waals surface area (Å²) in [5.41, 5.74) is 11.9. The fourth-order valence-electron chi connectivity index (χ4n) is 4.38. The Kier molecular flexibility index (Phi) is 6.70. The molecule has 190 valence electrons. The molecule has 1 aromatic carbocycles. The van der Waals surface area contributed by atoms with Crippen molar-refractivity contribution in [3.63, 3.8) is 0 Å². The molecule has 4 heterocycles. The van der Waals surface area contributed by atoms with Crippen molar-refractivity contribution in [1.29, 1.82) is 0 Å². The van der Waals surface area contributed by atoms with Crippen LogP contribution >= 0.6 is 0 Å². The van der Waals surface area contributed by atoms with E-state index in [-0.39, 0.29) is 19.3 Å². The standard InChI is InChI=1S/C27H29N7O3/c1-17-5-4-6-20(9-17)27(2,37-16-36-3)24-11-23(32-26(28)33-24)22-14-30-25-21(22)10-18(12-29-25)19-13-31-34(15-19)7-8-35/h4-6,9-15,35H,7-8,16H2,1-3H3,(H,29,30)(H2,28,32,33). The molecule has 0 aliphatic carbocycles. The summed E-state index contributed by atoms with van der Waals surface area (Å²) in [7, 11) is 1.58. The minimum absolute atomic E-state index is 0.0212. The van der Waals surface area contributed by atoms with Gasteiger partial charge in [-0.15, -0.1) is 0 Å². The third-order valence-corrected chi connectivity index (χ3v) is 6.37. The molecule has 0 fully saturated rings. The molecule has 4 N–H and O–H groups in total. The number of benzene rings is 1. The number of nitrogen functional groups attached to an aromatic ring is 1. The van der Waals surface area contributed by atoms with Crippen LogP contribution in [0.3, 0.4) is 0 Å². The number of nitrogens with one attached hydrogen (secondary N) is 1. The summed E-state index contributed by atoms with van der Waals surface area (Å²) >= 11 is 0. The average Bonchev–Trinajstić information content (AvgIpc) is 3.54. The van der Waals surface area contributed by atoms with Crippen LogP contribution in [0, 0.1) is 6.92 Å². The van der Waals surface area contributed by atoms with Gasteiger partial charge in [0, 0.05) is 47.8 Å². The smallest absolute Gasteiger partial charge is 0.220 e. The molecule has 4 aromatic heterocycles. The molecule has 37 heavy (non-hydrogen) atoms.